The highest BCUT2D eigenvalue weighted by molar-refractivity contribution is 7.92. The fourth-order valence-electron chi connectivity index (χ4n) is 4.59. The van der Waals surface area contributed by atoms with Crippen LogP contribution < -0.4 is 13.9 Å². The maximum absolute atomic E-state index is 16.0. The van der Waals surface area contributed by atoms with Gasteiger partial charge in [0.05, 0.1) is 11.7 Å². The van der Waals surface area contributed by atoms with Crippen LogP contribution in [0, 0.1) is 11.7 Å². The maximum atomic E-state index is 16.0. The van der Waals surface area contributed by atoms with Gasteiger partial charge in [0.15, 0.2) is 5.82 Å². The Morgan fingerprint density at radius 1 is 1.13 bits per heavy atom. The molecule has 1 saturated carbocycles. The van der Waals surface area contributed by atoms with Gasteiger partial charge >= 0.3 is 22.4 Å². The minimum absolute atomic E-state index is 0.0144. The number of phenols is 1. The molecule has 4 rings (SSSR count). The number of fused-ring (bicyclic) bond motifs is 1. The van der Waals surface area contributed by atoms with Gasteiger partial charge in [-0.25, -0.2) is 23.0 Å². The number of nitrogens with zero attached hydrogens (tertiary/aromatic N) is 3. The van der Waals surface area contributed by atoms with Crippen molar-refractivity contribution in [2.24, 2.45) is 5.92 Å². The van der Waals surface area contributed by atoms with Crippen LogP contribution >= 0.6 is 0 Å². The molecule has 0 spiro atoms. The van der Waals surface area contributed by atoms with Gasteiger partial charge in [-0.1, -0.05) is 0 Å². The van der Waals surface area contributed by atoms with Gasteiger partial charge in [0.1, 0.15) is 29.2 Å². The summed E-state index contributed by atoms with van der Waals surface area (Å²) in [4.78, 5) is 40.9. The molecule has 2 heterocycles. The SMILES string of the molecule is CC(C)(C)OC(=O)N(CC1CC1)C[C@H]1Cc2c(cc(O)c(N3CC(=O)NS3(=O)=O)c2F)N1C(=O)OC(C)(C)C. The Morgan fingerprint density at radius 2 is 1.74 bits per heavy atom. The van der Waals surface area contributed by atoms with E-state index < -0.39 is 69.3 Å². The van der Waals surface area contributed by atoms with Crippen LogP contribution in [-0.4, -0.2) is 73.4 Å². The van der Waals surface area contributed by atoms with Crippen molar-refractivity contribution in [3.05, 3.63) is 17.4 Å². The fraction of sp³-hybridized carbons (Fsp3) is 0.640. The van der Waals surface area contributed by atoms with E-state index in [1.54, 1.807) is 46.3 Å². The molecule has 3 amide bonds. The molecule has 1 atom stereocenters. The second kappa shape index (κ2) is 9.72. The number of anilines is 2. The standard InChI is InChI=1S/C25H35FN4O8S/c1-24(2,3)37-22(33)28(11-14-7-8-14)12-15-9-16-17(30(15)23(34)38-25(4,5)6)10-18(31)21(20(16)26)29-13-19(32)27-39(29,35)36/h10,14-15,31H,7-9,11-13H2,1-6H3,(H,27,32)/t15-/m1/s1. The second-order valence-electron chi connectivity index (χ2n) is 12.1. The summed E-state index contributed by atoms with van der Waals surface area (Å²) in [5.41, 5.74) is -2.43. The lowest BCUT2D eigenvalue weighted by Crippen LogP contribution is -2.49. The summed E-state index contributed by atoms with van der Waals surface area (Å²) in [7, 11) is -4.41. The summed E-state index contributed by atoms with van der Waals surface area (Å²) in [6, 6.07) is 0.273. The third-order valence-electron chi connectivity index (χ3n) is 6.28. The van der Waals surface area contributed by atoms with E-state index in [9.17, 15) is 27.9 Å². The lowest BCUT2D eigenvalue weighted by molar-refractivity contribution is -0.117. The summed E-state index contributed by atoms with van der Waals surface area (Å²) in [6.07, 6.45) is 0.392. The van der Waals surface area contributed by atoms with E-state index in [2.05, 4.69) is 0 Å². The number of hydrogen-bond acceptors (Lipinski definition) is 8. The molecular weight excluding hydrogens is 535 g/mol. The fourth-order valence-corrected chi connectivity index (χ4v) is 5.75. The molecule has 216 valence electrons. The van der Waals surface area contributed by atoms with Crippen molar-refractivity contribution in [2.45, 2.75) is 78.0 Å². The van der Waals surface area contributed by atoms with Crippen LogP contribution in [0.4, 0.5) is 25.4 Å². The number of nitrogens with one attached hydrogen (secondary N) is 1. The quantitative estimate of drug-likeness (QED) is 0.550. The first-order valence-corrected chi connectivity index (χ1v) is 14.2. The lowest BCUT2D eigenvalue weighted by Gasteiger charge is -2.33. The number of benzene rings is 1. The van der Waals surface area contributed by atoms with Gasteiger partial charge in [-0.15, -0.1) is 0 Å². The minimum atomic E-state index is -4.41. The highest BCUT2D eigenvalue weighted by Gasteiger charge is 2.45. The lowest BCUT2D eigenvalue weighted by atomic mass is 10.1. The molecule has 1 saturated heterocycles. The predicted octanol–water partition coefficient (Wildman–Crippen LogP) is 3.03. The van der Waals surface area contributed by atoms with E-state index in [4.69, 9.17) is 9.47 Å². The molecule has 0 bridgehead atoms. The van der Waals surface area contributed by atoms with Crippen LogP contribution in [0.3, 0.4) is 0 Å². The summed E-state index contributed by atoms with van der Waals surface area (Å²) < 4.78 is 54.1. The van der Waals surface area contributed by atoms with Crippen molar-refractivity contribution in [2.75, 3.05) is 28.8 Å². The van der Waals surface area contributed by atoms with Gasteiger partial charge in [-0.05, 0) is 60.3 Å². The first kappa shape index (κ1) is 28.7. The highest BCUT2D eigenvalue weighted by atomic mass is 32.2. The van der Waals surface area contributed by atoms with Crippen molar-refractivity contribution in [3.63, 3.8) is 0 Å². The number of halogens is 1. The average molecular weight is 571 g/mol. The van der Waals surface area contributed by atoms with Crippen molar-refractivity contribution in [3.8, 4) is 5.75 Å². The average Bonchev–Trinajstić information content (AvgIpc) is 3.42. The maximum Gasteiger partial charge on any atom is 0.415 e. The van der Waals surface area contributed by atoms with Crippen LogP contribution in [0.15, 0.2) is 6.07 Å². The number of amides is 3. The smallest absolute Gasteiger partial charge is 0.415 e. The summed E-state index contributed by atoms with van der Waals surface area (Å²) >= 11 is 0. The molecular formula is C25H35FN4O8S. The Balaban J connectivity index is 1.74. The molecule has 0 radical (unpaired) electrons. The van der Waals surface area contributed by atoms with Gasteiger partial charge in [-0.2, -0.15) is 8.42 Å². The normalized spacial score (nSPS) is 20.5. The molecule has 0 aromatic heterocycles. The minimum Gasteiger partial charge on any atom is -0.506 e. The predicted molar refractivity (Wildman–Crippen MR) is 139 cm³/mol. The third-order valence-corrected chi connectivity index (χ3v) is 7.66. The summed E-state index contributed by atoms with van der Waals surface area (Å²) in [5, 5.41) is 10.7. The second-order valence-corrected chi connectivity index (χ2v) is 13.7. The van der Waals surface area contributed by atoms with Crippen LogP contribution in [0.1, 0.15) is 59.9 Å². The Bertz CT molecular complexity index is 1300. The number of hydrogen-bond donors (Lipinski definition) is 2. The van der Waals surface area contributed by atoms with E-state index in [-0.39, 0.29) is 30.1 Å². The topological polar surface area (TPSA) is 146 Å². The largest absolute Gasteiger partial charge is 0.506 e. The van der Waals surface area contributed by atoms with Crippen molar-refractivity contribution < 1.29 is 41.8 Å². The van der Waals surface area contributed by atoms with Crippen LogP contribution in [0.5, 0.6) is 5.75 Å². The summed E-state index contributed by atoms with van der Waals surface area (Å²) in [5.74, 6) is -2.46. The first-order chi connectivity index (χ1) is 17.9. The van der Waals surface area contributed by atoms with Crippen molar-refractivity contribution in [1.29, 1.82) is 0 Å². The molecule has 3 aliphatic rings. The van der Waals surface area contributed by atoms with Gasteiger partial charge < -0.3 is 19.5 Å². The van der Waals surface area contributed by atoms with E-state index in [0.29, 0.717) is 10.8 Å². The Kier molecular flexibility index (Phi) is 7.15. The Labute approximate surface area is 227 Å². The Morgan fingerprint density at radius 3 is 2.26 bits per heavy atom. The zero-order valence-electron chi connectivity index (χ0n) is 22.9. The zero-order chi connectivity index (χ0) is 29.1. The van der Waals surface area contributed by atoms with Gasteiger partial charge in [0, 0.05) is 31.1 Å². The van der Waals surface area contributed by atoms with Crippen molar-refractivity contribution in [1.82, 2.24) is 9.62 Å². The number of carbonyl (C=O) groups excluding carboxylic acids is 3. The highest BCUT2D eigenvalue weighted by Crippen LogP contribution is 2.45. The molecule has 1 aliphatic carbocycles. The molecule has 14 heteroatoms. The van der Waals surface area contributed by atoms with E-state index in [0.717, 1.165) is 18.9 Å². The first-order valence-electron chi connectivity index (χ1n) is 12.7. The molecule has 2 fully saturated rings. The number of phenolic OH excluding ortho intramolecular Hbond substituents is 1. The third kappa shape index (κ3) is 6.31. The number of carbonyl (C=O) groups is 3. The van der Waals surface area contributed by atoms with Gasteiger partial charge in [0.25, 0.3) is 5.91 Å². The van der Waals surface area contributed by atoms with E-state index in [1.807, 2.05) is 0 Å². The van der Waals surface area contributed by atoms with E-state index >= 15 is 4.39 Å². The van der Waals surface area contributed by atoms with Crippen LogP contribution in [0.25, 0.3) is 0 Å². The van der Waals surface area contributed by atoms with Gasteiger partial charge in [0.2, 0.25) is 0 Å². The van der Waals surface area contributed by atoms with Crippen molar-refractivity contribution >= 4 is 39.7 Å². The molecule has 1 aromatic carbocycles. The Hall–Kier alpha value is -3.29. The number of rotatable bonds is 5. The number of aromatic hydroxyl groups is 1. The molecule has 12 nitrogen and oxygen atoms in total. The number of ether oxygens (including phenoxy) is 2. The summed E-state index contributed by atoms with van der Waals surface area (Å²) in [6.45, 7) is 9.89. The van der Waals surface area contributed by atoms with E-state index in [1.165, 1.54) is 9.80 Å². The monoisotopic (exact) mass is 570 g/mol. The zero-order valence-corrected chi connectivity index (χ0v) is 23.7. The van der Waals surface area contributed by atoms with Gasteiger partial charge in [-0.3, -0.25) is 9.69 Å². The van der Waals surface area contributed by atoms with Crippen LogP contribution in [-0.2, 0) is 30.9 Å². The van der Waals surface area contributed by atoms with Crippen LogP contribution in [0.2, 0.25) is 0 Å². The molecule has 1 aromatic rings. The molecule has 39 heavy (non-hydrogen) atoms. The molecule has 0 unspecified atom stereocenters. The molecule has 2 N–H and O–H groups in total. The molecule has 2 aliphatic heterocycles.